The first kappa shape index (κ1) is 13.3. The number of thiophene rings is 1. The van der Waals surface area contributed by atoms with E-state index in [1.165, 1.54) is 17.7 Å². The molecular formula is C14H19N5S. The van der Waals surface area contributed by atoms with E-state index >= 15 is 0 Å². The smallest absolute Gasteiger partial charge is 0.145 e. The SMILES string of the molecule is CC(c1cccs1)N(C)c1cc(NN)nc(C2CC2)n1. The number of nitrogens with two attached hydrogens (primary N) is 1. The van der Waals surface area contributed by atoms with E-state index in [1.54, 1.807) is 11.3 Å². The zero-order chi connectivity index (χ0) is 14.1. The first-order valence-electron chi connectivity index (χ1n) is 6.81. The van der Waals surface area contributed by atoms with Crippen molar-refractivity contribution < 1.29 is 0 Å². The Bertz CT molecular complexity index is 579. The molecule has 0 saturated heterocycles. The Balaban J connectivity index is 1.90. The Morgan fingerprint density at radius 2 is 2.25 bits per heavy atom. The lowest BCUT2D eigenvalue weighted by atomic mass is 10.2. The lowest BCUT2D eigenvalue weighted by Crippen LogP contribution is -2.23. The summed E-state index contributed by atoms with van der Waals surface area (Å²) in [4.78, 5) is 12.6. The molecular weight excluding hydrogens is 270 g/mol. The van der Waals surface area contributed by atoms with Gasteiger partial charge in [-0.1, -0.05) is 6.07 Å². The fourth-order valence-corrected chi connectivity index (χ4v) is 2.98. The fourth-order valence-electron chi connectivity index (χ4n) is 2.15. The van der Waals surface area contributed by atoms with Gasteiger partial charge in [-0.2, -0.15) is 0 Å². The molecule has 1 unspecified atom stereocenters. The molecule has 1 aliphatic rings. The number of rotatable bonds is 5. The molecule has 3 N–H and O–H groups in total. The zero-order valence-corrected chi connectivity index (χ0v) is 12.5. The molecule has 5 nitrogen and oxygen atoms in total. The van der Waals surface area contributed by atoms with E-state index in [0.717, 1.165) is 11.6 Å². The van der Waals surface area contributed by atoms with Crippen LogP contribution >= 0.6 is 11.3 Å². The van der Waals surface area contributed by atoms with Crippen LogP contribution in [0.5, 0.6) is 0 Å². The largest absolute Gasteiger partial charge is 0.352 e. The quantitative estimate of drug-likeness (QED) is 0.654. The highest BCUT2D eigenvalue weighted by Gasteiger charge is 2.28. The number of nitrogens with zero attached hydrogens (tertiary/aromatic N) is 3. The summed E-state index contributed by atoms with van der Waals surface area (Å²) in [5, 5.41) is 2.10. The second-order valence-corrected chi connectivity index (χ2v) is 6.17. The average molecular weight is 289 g/mol. The molecule has 2 aromatic heterocycles. The van der Waals surface area contributed by atoms with E-state index < -0.39 is 0 Å². The maximum atomic E-state index is 5.52. The molecule has 1 aliphatic carbocycles. The van der Waals surface area contributed by atoms with E-state index in [0.29, 0.717) is 11.7 Å². The van der Waals surface area contributed by atoms with Gasteiger partial charge >= 0.3 is 0 Å². The predicted octanol–water partition coefficient (Wildman–Crippen LogP) is 2.90. The van der Waals surface area contributed by atoms with E-state index in [1.807, 2.05) is 6.07 Å². The number of anilines is 2. The lowest BCUT2D eigenvalue weighted by molar-refractivity contribution is 0.734. The van der Waals surface area contributed by atoms with Gasteiger partial charge in [0.15, 0.2) is 0 Å². The summed E-state index contributed by atoms with van der Waals surface area (Å²) in [5.41, 5.74) is 2.64. The molecule has 0 radical (unpaired) electrons. The second kappa shape index (κ2) is 5.38. The second-order valence-electron chi connectivity index (χ2n) is 5.19. The molecule has 0 aliphatic heterocycles. The number of nitrogen functional groups attached to an aromatic ring is 1. The molecule has 3 rings (SSSR count). The summed E-state index contributed by atoms with van der Waals surface area (Å²) in [7, 11) is 2.06. The Kier molecular flexibility index (Phi) is 3.58. The van der Waals surface area contributed by atoms with Crippen LogP contribution in [-0.2, 0) is 0 Å². The molecule has 106 valence electrons. The molecule has 1 fully saturated rings. The summed E-state index contributed by atoms with van der Waals surface area (Å²) in [6.45, 7) is 2.18. The van der Waals surface area contributed by atoms with Gasteiger partial charge in [-0.3, -0.25) is 0 Å². The van der Waals surface area contributed by atoms with Crippen molar-refractivity contribution in [2.24, 2.45) is 5.84 Å². The maximum Gasteiger partial charge on any atom is 0.145 e. The van der Waals surface area contributed by atoms with Crippen molar-refractivity contribution >= 4 is 23.0 Å². The van der Waals surface area contributed by atoms with E-state index in [9.17, 15) is 0 Å². The van der Waals surface area contributed by atoms with Crippen molar-refractivity contribution in [2.45, 2.75) is 31.7 Å². The van der Waals surface area contributed by atoms with Crippen LogP contribution in [0.4, 0.5) is 11.6 Å². The zero-order valence-electron chi connectivity index (χ0n) is 11.7. The highest BCUT2D eigenvalue weighted by Crippen LogP contribution is 2.39. The van der Waals surface area contributed by atoms with Crippen LogP contribution in [0.2, 0.25) is 0 Å². The molecule has 1 atom stereocenters. The topological polar surface area (TPSA) is 67.1 Å². The average Bonchev–Trinajstić information content (AvgIpc) is 3.20. The molecule has 2 heterocycles. The van der Waals surface area contributed by atoms with Crippen molar-refractivity contribution in [3.05, 3.63) is 34.3 Å². The van der Waals surface area contributed by atoms with Gasteiger partial charge in [0.2, 0.25) is 0 Å². The van der Waals surface area contributed by atoms with Crippen LogP contribution in [0.25, 0.3) is 0 Å². The minimum Gasteiger partial charge on any atom is -0.352 e. The molecule has 0 amide bonds. The number of aromatic nitrogens is 2. The van der Waals surface area contributed by atoms with Gasteiger partial charge in [0.25, 0.3) is 0 Å². The Labute approximate surface area is 122 Å². The Hall–Kier alpha value is -1.66. The first-order chi connectivity index (χ1) is 9.69. The van der Waals surface area contributed by atoms with Crippen molar-refractivity contribution in [2.75, 3.05) is 17.4 Å². The number of nitrogens with one attached hydrogen (secondary N) is 1. The van der Waals surface area contributed by atoms with Gasteiger partial charge in [-0.05, 0) is 31.2 Å². The van der Waals surface area contributed by atoms with Crippen molar-refractivity contribution in [1.82, 2.24) is 9.97 Å². The monoisotopic (exact) mass is 289 g/mol. The van der Waals surface area contributed by atoms with Crippen molar-refractivity contribution in [3.8, 4) is 0 Å². The third-order valence-electron chi connectivity index (χ3n) is 3.72. The summed E-state index contributed by atoms with van der Waals surface area (Å²) in [5.74, 6) is 8.53. The van der Waals surface area contributed by atoms with Gasteiger partial charge in [-0.25, -0.2) is 15.8 Å². The standard InChI is InChI=1S/C14H19N5S/c1-9(11-4-3-7-20-11)19(2)13-8-12(18-15)16-14(17-13)10-5-6-10/h3-4,7-10H,5-6,15H2,1-2H3,(H,16,17,18). The summed E-state index contributed by atoms with van der Waals surface area (Å²) < 4.78 is 0. The van der Waals surface area contributed by atoms with Gasteiger partial charge in [0.05, 0.1) is 6.04 Å². The third kappa shape index (κ3) is 2.62. The van der Waals surface area contributed by atoms with Crippen molar-refractivity contribution in [3.63, 3.8) is 0 Å². The minimum absolute atomic E-state index is 0.280. The van der Waals surface area contributed by atoms with Crippen LogP contribution in [0.3, 0.4) is 0 Å². The van der Waals surface area contributed by atoms with Gasteiger partial charge in [0, 0.05) is 23.9 Å². The van der Waals surface area contributed by atoms with Gasteiger partial charge in [0.1, 0.15) is 17.5 Å². The normalized spacial score (nSPS) is 15.9. The number of hydrogen-bond donors (Lipinski definition) is 2. The van der Waals surface area contributed by atoms with E-state index in [4.69, 9.17) is 10.8 Å². The highest BCUT2D eigenvalue weighted by atomic mass is 32.1. The summed E-state index contributed by atoms with van der Waals surface area (Å²) in [6, 6.07) is 6.40. The number of hydrogen-bond acceptors (Lipinski definition) is 6. The molecule has 20 heavy (non-hydrogen) atoms. The van der Waals surface area contributed by atoms with Gasteiger partial charge in [-0.15, -0.1) is 11.3 Å². The first-order valence-corrected chi connectivity index (χ1v) is 7.69. The van der Waals surface area contributed by atoms with E-state index in [-0.39, 0.29) is 6.04 Å². The molecule has 6 heteroatoms. The predicted molar refractivity (Wildman–Crippen MR) is 83.0 cm³/mol. The van der Waals surface area contributed by atoms with E-state index in [2.05, 4.69) is 46.8 Å². The summed E-state index contributed by atoms with van der Waals surface area (Å²) >= 11 is 1.76. The van der Waals surface area contributed by atoms with Crippen LogP contribution in [0, 0.1) is 0 Å². The molecule has 2 aromatic rings. The van der Waals surface area contributed by atoms with Crippen LogP contribution in [0.15, 0.2) is 23.6 Å². The summed E-state index contributed by atoms with van der Waals surface area (Å²) in [6.07, 6.45) is 2.36. The third-order valence-corrected chi connectivity index (χ3v) is 4.76. The van der Waals surface area contributed by atoms with Crippen LogP contribution in [-0.4, -0.2) is 17.0 Å². The highest BCUT2D eigenvalue weighted by molar-refractivity contribution is 7.10. The van der Waals surface area contributed by atoms with Crippen LogP contribution in [0.1, 0.15) is 42.4 Å². The molecule has 0 bridgehead atoms. The lowest BCUT2D eigenvalue weighted by Gasteiger charge is -2.25. The minimum atomic E-state index is 0.280. The Morgan fingerprint density at radius 3 is 2.85 bits per heavy atom. The maximum absolute atomic E-state index is 5.52. The van der Waals surface area contributed by atoms with Crippen molar-refractivity contribution in [1.29, 1.82) is 0 Å². The molecule has 0 spiro atoms. The number of hydrazine groups is 1. The molecule has 1 saturated carbocycles. The molecule has 0 aromatic carbocycles. The van der Waals surface area contributed by atoms with Gasteiger partial charge < -0.3 is 10.3 Å². The Morgan fingerprint density at radius 1 is 1.45 bits per heavy atom. The van der Waals surface area contributed by atoms with Crippen LogP contribution < -0.4 is 16.2 Å². The fraction of sp³-hybridized carbons (Fsp3) is 0.429.